The highest BCUT2D eigenvalue weighted by atomic mass is 35.5. The molecule has 0 aliphatic heterocycles. The molecule has 0 unspecified atom stereocenters. The van der Waals surface area contributed by atoms with Crippen molar-refractivity contribution in [2.24, 2.45) is 0 Å². The Balaban J connectivity index is 2.09. The van der Waals surface area contributed by atoms with Gasteiger partial charge in [-0.1, -0.05) is 53.0 Å². The van der Waals surface area contributed by atoms with E-state index in [9.17, 15) is 4.79 Å². The first-order valence-corrected chi connectivity index (χ1v) is 7.30. The van der Waals surface area contributed by atoms with Crippen molar-refractivity contribution in [3.8, 4) is 0 Å². The van der Waals surface area contributed by atoms with Gasteiger partial charge in [-0.3, -0.25) is 4.79 Å². The maximum absolute atomic E-state index is 12.1. The number of aryl methyl sites for hydroxylation is 1. The Morgan fingerprint density at radius 1 is 0.900 bits per heavy atom. The third kappa shape index (κ3) is 3.99. The van der Waals surface area contributed by atoms with E-state index in [2.05, 4.69) is 0 Å². The third-order valence-corrected chi connectivity index (χ3v) is 3.94. The summed E-state index contributed by atoms with van der Waals surface area (Å²) >= 11 is 18.0. The van der Waals surface area contributed by atoms with E-state index >= 15 is 0 Å². The quantitative estimate of drug-likeness (QED) is 0.743. The summed E-state index contributed by atoms with van der Waals surface area (Å²) in [4.78, 5) is 12.1. The van der Waals surface area contributed by atoms with E-state index in [1.807, 2.05) is 25.1 Å². The van der Waals surface area contributed by atoms with Crippen molar-refractivity contribution in [3.63, 3.8) is 0 Å². The number of hydrogen-bond donors (Lipinski definition) is 0. The predicted molar refractivity (Wildman–Crippen MR) is 85.1 cm³/mol. The maximum Gasteiger partial charge on any atom is 0.141 e. The lowest BCUT2D eigenvalue weighted by atomic mass is 10.0. The standard InChI is InChI=1S/C16H13Cl3O/c1-10-2-3-11(15(18)6-10)7-14(20)8-12-4-5-13(17)9-16(12)19/h2-6,9H,7-8H2,1H3. The summed E-state index contributed by atoms with van der Waals surface area (Å²) in [7, 11) is 0. The van der Waals surface area contributed by atoms with Gasteiger partial charge in [-0.15, -0.1) is 0 Å². The van der Waals surface area contributed by atoms with Gasteiger partial charge in [0.25, 0.3) is 0 Å². The fourth-order valence-corrected chi connectivity index (χ4v) is 2.73. The molecule has 0 aliphatic rings. The van der Waals surface area contributed by atoms with E-state index in [4.69, 9.17) is 34.8 Å². The Kier molecular flexibility index (Phi) is 5.09. The van der Waals surface area contributed by atoms with E-state index in [1.165, 1.54) is 0 Å². The molecule has 0 N–H and O–H groups in total. The summed E-state index contributed by atoms with van der Waals surface area (Å²) in [5.41, 5.74) is 2.70. The van der Waals surface area contributed by atoms with Crippen molar-refractivity contribution < 1.29 is 4.79 Å². The normalized spacial score (nSPS) is 10.6. The summed E-state index contributed by atoms with van der Waals surface area (Å²) in [6, 6.07) is 10.8. The molecular weight excluding hydrogens is 315 g/mol. The Morgan fingerprint density at radius 2 is 1.45 bits per heavy atom. The number of halogens is 3. The summed E-state index contributed by atoms with van der Waals surface area (Å²) in [6.45, 7) is 1.96. The molecule has 2 aromatic carbocycles. The second-order valence-corrected chi connectivity index (χ2v) is 5.97. The second-order valence-electron chi connectivity index (χ2n) is 4.72. The summed E-state index contributed by atoms with van der Waals surface area (Å²) < 4.78 is 0. The van der Waals surface area contributed by atoms with Crippen LogP contribution in [0.2, 0.25) is 15.1 Å². The zero-order valence-corrected chi connectivity index (χ0v) is 13.2. The number of carbonyl (C=O) groups excluding carboxylic acids is 1. The van der Waals surface area contributed by atoms with Crippen molar-refractivity contribution in [1.82, 2.24) is 0 Å². The van der Waals surface area contributed by atoms with Gasteiger partial charge < -0.3 is 0 Å². The van der Waals surface area contributed by atoms with Crippen LogP contribution in [0.5, 0.6) is 0 Å². The van der Waals surface area contributed by atoms with Crippen LogP contribution < -0.4 is 0 Å². The minimum atomic E-state index is 0.0694. The van der Waals surface area contributed by atoms with Crippen LogP contribution in [0.1, 0.15) is 16.7 Å². The van der Waals surface area contributed by atoms with Crippen molar-refractivity contribution in [2.75, 3.05) is 0 Å². The van der Waals surface area contributed by atoms with Gasteiger partial charge in [0.05, 0.1) is 0 Å². The van der Waals surface area contributed by atoms with Crippen LogP contribution in [0.25, 0.3) is 0 Å². The van der Waals surface area contributed by atoms with Crippen LogP contribution in [0.4, 0.5) is 0 Å². The number of Topliss-reactive ketones (excluding diaryl/α,β-unsaturated/α-hetero) is 1. The number of rotatable bonds is 4. The Labute approximate surface area is 133 Å². The number of hydrogen-bond acceptors (Lipinski definition) is 1. The molecule has 0 bridgehead atoms. The molecule has 104 valence electrons. The summed E-state index contributed by atoms with van der Waals surface area (Å²) in [6.07, 6.45) is 0.582. The molecule has 0 amide bonds. The molecule has 2 aromatic rings. The lowest BCUT2D eigenvalue weighted by Crippen LogP contribution is -2.07. The first-order valence-electron chi connectivity index (χ1n) is 6.16. The molecular formula is C16H13Cl3O. The minimum absolute atomic E-state index is 0.0694. The fourth-order valence-electron chi connectivity index (χ4n) is 1.95. The smallest absolute Gasteiger partial charge is 0.141 e. The van der Waals surface area contributed by atoms with E-state index < -0.39 is 0 Å². The van der Waals surface area contributed by atoms with Crippen LogP contribution in [0, 0.1) is 6.92 Å². The minimum Gasteiger partial charge on any atom is -0.299 e. The Hall–Kier alpha value is -1.02. The third-order valence-electron chi connectivity index (χ3n) is 3.00. The Morgan fingerprint density at radius 3 is 2.00 bits per heavy atom. The molecule has 0 fully saturated rings. The van der Waals surface area contributed by atoms with Crippen molar-refractivity contribution >= 4 is 40.6 Å². The van der Waals surface area contributed by atoms with Crippen LogP contribution in [0.15, 0.2) is 36.4 Å². The fraction of sp³-hybridized carbons (Fsp3) is 0.188. The van der Waals surface area contributed by atoms with Gasteiger partial charge in [-0.2, -0.15) is 0 Å². The molecule has 0 saturated heterocycles. The zero-order chi connectivity index (χ0) is 14.7. The van der Waals surface area contributed by atoms with E-state index in [0.29, 0.717) is 21.5 Å². The largest absolute Gasteiger partial charge is 0.299 e. The van der Waals surface area contributed by atoms with Crippen LogP contribution >= 0.6 is 34.8 Å². The zero-order valence-electron chi connectivity index (χ0n) is 10.9. The van der Waals surface area contributed by atoms with Gasteiger partial charge in [0, 0.05) is 27.9 Å². The SMILES string of the molecule is Cc1ccc(CC(=O)Cc2ccc(Cl)cc2Cl)c(Cl)c1. The van der Waals surface area contributed by atoms with Crippen LogP contribution in [-0.2, 0) is 17.6 Å². The van der Waals surface area contributed by atoms with Crippen molar-refractivity contribution in [2.45, 2.75) is 19.8 Å². The molecule has 2 rings (SSSR count). The van der Waals surface area contributed by atoms with Crippen LogP contribution in [-0.4, -0.2) is 5.78 Å². The van der Waals surface area contributed by atoms with E-state index in [1.54, 1.807) is 18.2 Å². The number of ketones is 1. The highest BCUT2D eigenvalue weighted by Crippen LogP contribution is 2.23. The maximum atomic E-state index is 12.1. The number of carbonyl (C=O) groups is 1. The van der Waals surface area contributed by atoms with Gasteiger partial charge in [0.1, 0.15) is 5.78 Å². The number of benzene rings is 2. The lowest BCUT2D eigenvalue weighted by molar-refractivity contribution is -0.117. The molecule has 0 aliphatic carbocycles. The first kappa shape index (κ1) is 15.4. The van der Waals surface area contributed by atoms with Crippen molar-refractivity contribution in [1.29, 1.82) is 0 Å². The van der Waals surface area contributed by atoms with Gasteiger partial charge in [0.15, 0.2) is 0 Å². The average Bonchev–Trinajstić information content (AvgIpc) is 2.36. The monoisotopic (exact) mass is 326 g/mol. The van der Waals surface area contributed by atoms with Crippen molar-refractivity contribution in [3.05, 3.63) is 68.2 Å². The second kappa shape index (κ2) is 6.62. The topological polar surface area (TPSA) is 17.1 Å². The molecule has 1 nitrogen and oxygen atoms in total. The molecule has 0 heterocycles. The van der Waals surface area contributed by atoms with E-state index in [-0.39, 0.29) is 12.2 Å². The molecule has 4 heteroatoms. The molecule has 20 heavy (non-hydrogen) atoms. The Bertz CT molecular complexity index is 595. The lowest BCUT2D eigenvalue weighted by Gasteiger charge is -2.06. The molecule has 0 saturated carbocycles. The predicted octanol–water partition coefficient (Wildman–Crippen LogP) is 5.31. The van der Waals surface area contributed by atoms with Gasteiger partial charge in [-0.25, -0.2) is 0 Å². The molecule has 0 radical (unpaired) electrons. The summed E-state index contributed by atoms with van der Waals surface area (Å²) in [5.74, 6) is 0.0694. The molecule has 0 spiro atoms. The summed E-state index contributed by atoms with van der Waals surface area (Å²) in [5, 5.41) is 1.70. The highest BCUT2D eigenvalue weighted by molar-refractivity contribution is 6.35. The molecule has 0 aromatic heterocycles. The van der Waals surface area contributed by atoms with E-state index in [0.717, 1.165) is 16.7 Å². The first-order chi connectivity index (χ1) is 9.45. The molecule has 0 atom stereocenters. The van der Waals surface area contributed by atoms with Gasteiger partial charge >= 0.3 is 0 Å². The van der Waals surface area contributed by atoms with Crippen LogP contribution in [0.3, 0.4) is 0 Å². The van der Waals surface area contributed by atoms with Gasteiger partial charge in [-0.05, 0) is 41.8 Å². The van der Waals surface area contributed by atoms with Gasteiger partial charge in [0.2, 0.25) is 0 Å². The highest BCUT2D eigenvalue weighted by Gasteiger charge is 2.10. The average molecular weight is 328 g/mol.